The first-order valence-corrected chi connectivity index (χ1v) is 4.64. The Morgan fingerprint density at radius 1 is 1.64 bits per heavy atom. The fourth-order valence-electron chi connectivity index (χ4n) is 1.00. The maximum absolute atomic E-state index is 11.4. The van der Waals surface area contributed by atoms with E-state index in [4.69, 9.17) is 5.73 Å². The third-order valence-corrected chi connectivity index (χ3v) is 2.27. The molecule has 14 heavy (non-hydrogen) atoms. The van der Waals surface area contributed by atoms with Crippen molar-refractivity contribution in [2.45, 2.75) is 33.2 Å². The number of rotatable bonds is 3. The van der Waals surface area contributed by atoms with Crippen molar-refractivity contribution < 1.29 is 4.79 Å². The lowest BCUT2D eigenvalue weighted by molar-refractivity contribution is -0.117. The van der Waals surface area contributed by atoms with Gasteiger partial charge in [0.25, 0.3) is 0 Å². The summed E-state index contributed by atoms with van der Waals surface area (Å²) in [6.07, 6.45) is 0.619. The van der Waals surface area contributed by atoms with Gasteiger partial charge < -0.3 is 11.1 Å². The van der Waals surface area contributed by atoms with Gasteiger partial charge in [-0.05, 0) is 20.3 Å². The molecule has 1 aromatic rings. The Balaban J connectivity index is 2.70. The Morgan fingerprint density at radius 3 is 2.71 bits per heavy atom. The number of hydrogen-bond donors (Lipinski definition) is 3. The lowest BCUT2D eigenvalue weighted by Gasteiger charge is -2.08. The zero-order valence-corrected chi connectivity index (χ0v) is 8.72. The van der Waals surface area contributed by atoms with Crippen LogP contribution in [0.4, 0.5) is 5.82 Å². The standard InChI is InChI=1S/C9H16N4O/c1-4-7(10)9(14)11-8-5(2)6(3)12-13-8/h7H,4,10H2,1-3H3,(H2,11,12,13,14)/t7-/m1/s1. The highest BCUT2D eigenvalue weighted by molar-refractivity contribution is 5.94. The van der Waals surface area contributed by atoms with Crippen molar-refractivity contribution in [3.05, 3.63) is 11.3 Å². The van der Waals surface area contributed by atoms with Crippen LogP contribution in [0.3, 0.4) is 0 Å². The van der Waals surface area contributed by atoms with E-state index < -0.39 is 6.04 Å². The summed E-state index contributed by atoms with van der Waals surface area (Å²) in [5.41, 5.74) is 7.47. The number of hydrogen-bond acceptors (Lipinski definition) is 3. The molecule has 0 radical (unpaired) electrons. The predicted octanol–water partition coefficient (Wildman–Crippen LogP) is 0.702. The van der Waals surface area contributed by atoms with Crippen LogP contribution in [0, 0.1) is 13.8 Å². The molecule has 0 fully saturated rings. The van der Waals surface area contributed by atoms with Gasteiger partial charge in [-0.3, -0.25) is 9.89 Å². The van der Waals surface area contributed by atoms with Gasteiger partial charge in [0, 0.05) is 11.3 Å². The van der Waals surface area contributed by atoms with E-state index in [1.807, 2.05) is 20.8 Å². The highest BCUT2D eigenvalue weighted by Gasteiger charge is 2.14. The molecule has 78 valence electrons. The van der Waals surface area contributed by atoms with Crippen LogP contribution in [0.2, 0.25) is 0 Å². The second-order valence-electron chi connectivity index (χ2n) is 3.33. The van der Waals surface area contributed by atoms with Gasteiger partial charge in [-0.2, -0.15) is 5.10 Å². The second-order valence-corrected chi connectivity index (χ2v) is 3.33. The van der Waals surface area contributed by atoms with Crippen LogP contribution in [0.1, 0.15) is 24.6 Å². The molecule has 0 saturated heterocycles. The molecule has 1 amide bonds. The van der Waals surface area contributed by atoms with E-state index in [0.717, 1.165) is 11.3 Å². The van der Waals surface area contributed by atoms with E-state index >= 15 is 0 Å². The molecule has 0 bridgehead atoms. The number of carbonyl (C=O) groups is 1. The lowest BCUT2D eigenvalue weighted by atomic mass is 10.2. The molecule has 1 rings (SSSR count). The average Bonchev–Trinajstić information content (AvgIpc) is 2.48. The summed E-state index contributed by atoms with van der Waals surface area (Å²) in [5.74, 6) is 0.374. The molecule has 0 saturated carbocycles. The smallest absolute Gasteiger partial charge is 0.242 e. The molecule has 1 atom stereocenters. The van der Waals surface area contributed by atoms with Crippen molar-refractivity contribution >= 4 is 11.7 Å². The van der Waals surface area contributed by atoms with E-state index in [0.29, 0.717) is 12.2 Å². The van der Waals surface area contributed by atoms with Gasteiger partial charge in [-0.15, -0.1) is 0 Å². The molecule has 5 nitrogen and oxygen atoms in total. The first-order chi connectivity index (χ1) is 6.56. The molecular formula is C9H16N4O. The minimum atomic E-state index is -0.466. The maximum atomic E-state index is 11.4. The molecule has 0 aliphatic rings. The van der Waals surface area contributed by atoms with Crippen LogP contribution in [-0.2, 0) is 4.79 Å². The zero-order valence-electron chi connectivity index (χ0n) is 8.72. The number of anilines is 1. The third kappa shape index (κ3) is 2.11. The van der Waals surface area contributed by atoms with Gasteiger partial charge in [0.15, 0.2) is 5.82 Å². The molecule has 1 aromatic heterocycles. The molecule has 0 unspecified atom stereocenters. The summed E-state index contributed by atoms with van der Waals surface area (Å²) in [6, 6.07) is -0.466. The minimum absolute atomic E-state index is 0.192. The van der Waals surface area contributed by atoms with E-state index in [2.05, 4.69) is 15.5 Å². The summed E-state index contributed by atoms with van der Waals surface area (Å²) >= 11 is 0. The van der Waals surface area contributed by atoms with Crippen molar-refractivity contribution in [3.63, 3.8) is 0 Å². The predicted molar refractivity (Wildman–Crippen MR) is 55.0 cm³/mol. The van der Waals surface area contributed by atoms with Crippen LogP contribution < -0.4 is 11.1 Å². The van der Waals surface area contributed by atoms with Crippen LogP contribution in [0.15, 0.2) is 0 Å². The van der Waals surface area contributed by atoms with E-state index in [-0.39, 0.29) is 5.91 Å². The van der Waals surface area contributed by atoms with Gasteiger partial charge in [0.05, 0.1) is 6.04 Å². The van der Waals surface area contributed by atoms with Crippen molar-refractivity contribution in [2.24, 2.45) is 5.73 Å². The van der Waals surface area contributed by atoms with Gasteiger partial charge in [-0.1, -0.05) is 6.92 Å². The van der Waals surface area contributed by atoms with E-state index in [1.165, 1.54) is 0 Å². The number of aromatic amines is 1. The Kier molecular flexibility index (Phi) is 3.24. The molecule has 4 N–H and O–H groups in total. The lowest BCUT2D eigenvalue weighted by Crippen LogP contribution is -2.35. The Hall–Kier alpha value is -1.36. The summed E-state index contributed by atoms with van der Waals surface area (Å²) in [4.78, 5) is 11.4. The molecule has 5 heteroatoms. The quantitative estimate of drug-likeness (QED) is 0.665. The molecule has 1 heterocycles. The molecule has 0 spiro atoms. The number of nitrogens with one attached hydrogen (secondary N) is 2. The number of aromatic nitrogens is 2. The summed E-state index contributed by atoms with van der Waals surface area (Å²) < 4.78 is 0. The Bertz CT molecular complexity index is 332. The first kappa shape index (κ1) is 10.7. The van der Waals surface area contributed by atoms with Crippen molar-refractivity contribution in [1.82, 2.24) is 10.2 Å². The van der Waals surface area contributed by atoms with Crippen LogP contribution in [0.25, 0.3) is 0 Å². The van der Waals surface area contributed by atoms with Crippen molar-refractivity contribution in [1.29, 1.82) is 0 Å². The highest BCUT2D eigenvalue weighted by Crippen LogP contribution is 2.13. The summed E-state index contributed by atoms with van der Waals surface area (Å²) in [7, 11) is 0. The van der Waals surface area contributed by atoms with Gasteiger partial charge >= 0.3 is 0 Å². The number of H-pyrrole nitrogens is 1. The molecular weight excluding hydrogens is 180 g/mol. The van der Waals surface area contributed by atoms with Crippen molar-refractivity contribution in [3.8, 4) is 0 Å². The average molecular weight is 196 g/mol. The van der Waals surface area contributed by atoms with Crippen LogP contribution in [0.5, 0.6) is 0 Å². The zero-order chi connectivity index (χ0) is 10.7. The third-order valence-electron chi connectivity index (χ3n) is 2.27. The van der Waals surface area contributed by atoms with Gasteiger partial charge in [0.2, 0.25) is 5.91 Å². The monoisotopic (exact) mass is 196 g/mol. The number of nitrogens with zero attached hydrogens (tertiary/aromatic N) is 1. The maximum Gasteiger partial charge on any atom is 0.242 e. The van der Waals surface area contributed by atoms with Crippen molar-refractivity contribution in [2.75, 3.05) is 5.32 Å². The number of aryl methyl sites for hydroxylation is 1. The Morgan fingerprint density at radius 2 is 2.29 bits per heavy atom. The first-order valence-electron chi connectivity index (χ1n) is 4.64. The topological polar surface area (TPSA) is 83.8 Å². The van der Waals surface area contributed by atoms with Crippen LogP contribution in [-0.4, -0.2) is 22.1 Å². The number of nitrogens with two attached hydrogens (primary N) is 1. The minimum Gasteiger partial charge on any atom is -0.320 e. The Labute approximate surface area is 83.1 Å². The van der Waals surface area contributed by atoms with Gasteiger partial charge in [0.1, 0.15) is 0 Å². The number of amides is 1. The van der Waals surface area contributed by atoms with Crippen LogP contribution >= 0.6 is 0 Å². The fourth-order valence-corrected chi connectivity index (χ4v) is 1.00. The summed E-state index contributed by atoms with van der Waals surface area (Å²) in [5, 5.41) is 9.43. The molecule has 0 aliphatic carbocycles. The second kappa shape index (κ2) is 4.23. The normalized spacial score (nSPS) is 12.6. The highest BCUT2D eigenvalue weighted by atomic mass is 16.2. The number of carbonyl (C=O) groups excluding carboxylic acids is 1. The SMILES string of the molecule is CC[C@@H](N)C(=O)Nc1n[nH]c(C)c1C. The molecule has 0 aromatic carbocycles. The van der Waals surface area contributed by atoms with Gasteiger partial charge in [-0.25, -0.2) is 0 Å². The van der Waals surface area contributed by atoms with E-state index in [1.54, 1.807) is 0 Å². The molecule has 0 aliphatic heterocycles. The largest absolute Gasteiger partial charge is 0.320 e. The van der Waals surface area contributed by atoms with E-state index in [9.17, 15) is 4.79 Å². The fraction of sp³-hybridized carbons (Fsp3) is 0.556. The summed E-state index contributed by atoms with van der Waals surface area (Å²) in [6.45, 7) is 5.66.